The van der Waals surface area contributed by atoms with Crippen molar-refractivity contribution in [3.8, 4) is 0 Å². The number of para-hydroxylation sites is 1. The largest absolute Gasteiger partial charge is 0.372 e. The molecular formula is C18H15N5O2. The molecule has 0 spiro atoms. The number of nitro groups is 1. The van der Waals surface area contributed by atoms with E-state index in [0.717, 1.165) is 22.4 Å². The van der Waals surface area contributed by atoms with Crippen molar-refractivity contribution in [3.05, 3.63) is 70.2 Å². The molecule has 0 saturated heterocycles. The molecule has 0 atom stereocenters. The first-order chi connectivity index (χ1) is 12.1. The fraction of sp³-hybridized carbons (Fsp3) is 0.111. The maximum Gasteiger partial charge on any atom is 0.301 e. The first-order valence-electron chi connectivity index (χ1n) is 7.83. The predicted molar refractivity (Wildman–Crippen MR) is 96.6 cm³/mol. The van der Waals surface area contributed by atoms with Crippen LogP contribution >= 0.6 is 0 Å². The van der Waals surface area contributed by atoms with Gasteiger partial charge in [0.05, 0.1) is 33.4 Å². The standard InChI is InChI=1S/C18H15N5O2/c1-11-4-2-6-14-17(11)22-16(21-14)10-20-15-8-7-13-12(5-3-9-19-13)18(15)23(24)25/h2-9,20H,10H2,1H3,(H,21,22). The number of anilines is 1. The second kappa shape index (κ2) is 5.86. The van der Waals surface area contributed by atoms with Gasteiger partial charge in [-0.2, -0.15) is 0 Å². The molecule has 0 unspecified atom stereocenters. The van der Waals surface area contributed by atoms with E-state index in [1.54, 1.807) is 30.5 Å². The summed E-state index contributed by atoms with van der Waals surface area (Å²) in [6.45, 7) is 2.36. The third-order valence-corrected chi connectivity index (χ3v) is 4.15. The predicted octanol–water partition coefficient (Wildman–Crippen LogP) is 3.94. The summed E-state index contributed by atoms with van der Waals surface area (Å²) in [7, 11) is 0. The van der Waals surface area contributed by atoms with Crippen molar-refractivity contribution in [2.75, 3.05) is 5.32 Å². The summed E-state index contributed by atoms with van der Waals surface area (Å²) in [5.41, 5.74) is 4.02. The average molecular weight is 333 g/mol. The number of aromatic amines is 1. The van der Waals surface area contributed by atoms with Gasteiger partial charge in [-0.15, -0.1) is 0 Å². The van der Waals surface area contributed by atoms with Gasteiger partial charge < -0.3 is 10.3 Å². The summed E-state index contributed by atoms with van der Waals surface area (Å²) < 4.78 is 0. The molecule has 0 saturated carbocycles. The Morgan fingerprint density at radius 1 is 1.20 bits per heavy atom. The molecule has 4 aromatic rings. The highest BCUT2D eigenvalue weighted by Gasteiger charge is 2.19. The van der Waals surface area contributed by atoms with Crippen molar-refractivity contribution in [1.82, 2.24) is 15.0 Å². The molecule has 2 aromatic carbocycles. The zero-order valence-corrected chi connectivity index (χ0v) is 13.5. The van der Waals surface area contributed by atoms with Crippen LogP contribution in [-0.4, -0.2) is 19.9 Å². The summed E-state index contributed by atoms with van der Waals surface area (Å²) in [5.74, 6) is 0.727. The van der Waals surface area contributed by atoms with Crippen LogP contribution in [0.1, 0.15) is 11.4 Å². The van der Waals surface area contributed by atoms with E-state index in [0.29, 0.717) is 23.1 Å². The monoisotopic (exact) mass is 333 g/mol. The van der Waals surface area contributed by atoms with Crippen LogP contribution in [0.25, 0.3) is 21.9 Å². The number of benzene rings is 2. The Morgan fingerprint density at radius 3 is 2.88 bits per heavy atom. The normalized spacial score (nSPS) is 11.1. The molecule has 2 aromatic heterocycles. The van der Waals surface area contributed by atoms with Gasteiger partial charge in [0, 0.05) is 6.20 Å². The third-order valence-electron chi connectivity index (χ3n) is 4.15. The number of rotatable bonds is 4. The summed E-state index contributed by atoms with van der Waals surface area (Å²) in [6, 6.07) is 12.8. The molecule has 0 aliphatic rings. The van der Waals surface area contributed by atoms with Crippen LogP contribution < -0.4 is 5.32 Å². The zero-order chi connectivity index (χ0) is 17.4. The number of nitro benzene ring substituents is 1. The van der Waals surface area contributed by atoms with Gasteiger partial charge in [-0.25, -0.2) is 4.98 Å². The maximum absolute atomic E-state index is 11.5. The molecule has 0 aliphatic heterocycles. The van der Waals surface area contributed by atoms with Gasteiger partial charge in [0.15, 0.2) is 0 Å². The first kappa shape index (κ1) is 15.1. The van der Waals surface area contributed by atoms with Crippen LogP contribution in [-0.2, 0) is 6.54 Å². The molecule has 0 bridgehead atoms. The van der Waals surface area contributed by atoms with E-state index < -0.39 is 0 Å². The van der Waals surface area contributed by atoms with Gasteiger partial charge >= 0.3 is 5.69 Å². The van der Waals surface area contributed by atoms with Gasteiger partial charge in [-0.1, -0.05) is 12.1 Å². The molecule has 124 valence electrons. The minimum atomic E-state index is -0.380. The van der Waals surface area contributed by atoms with E-state index in [1.807, 2.05) is 25.1 Å². The van der Waals surface area contributed by atoms with Gasteiger partial charge in [0.2, 0.25) is 0 Å². The van der Waals surface area contributed by atoms with E-state index in [9.17, 15) is 10.1 Å². The van der Waals surface area contributed by atoms with E-state index in [4.69, 9.17) is 0 Å². The van der Waals surface area contributed by atoms with Gasteiger partial charge in [0.1, 0.15) is 11.5 Å². The highest BCUT2D eigenvalue weighted by Crippen LogP contribution is 2.32. The van der Waals surface area contributed by atoms with Crippen molar-refractivity contribution in [2.45, 2.75) is 13.5 Å². The lowest BCUT2D eigenvalue weighted by molar-refractivity contribution is -0.382. The molecule has 2 heterocycles. The van der Waals surface area contributed by atoms with Crippen LogP contribution in [0.4, 0.5) is 11.4 Å². The van der Waals surface area contributed by atoms with Gasteiger partial charge in [-0.3, -0.25) is 15.1 Å². The molecule has 2 N–H and O–H groups in total. The van der Waals surface area contributed by atoms with E-state index in [2.05, 4.69) is 20.3 Å². The van der Waals surface area contributed by atoms with E-state index >= 15 is 0 Å². The zero-order valence-electron chi connectivity index (χ0n) is 13.5. The Hall–Kier alpha value is -3.48. The second-order valence-corrected chi connectivity index (χ2v) is 5.80. The van der Waals surface area contributed by atoms with Gasteiger partial charge in [0.25, 0.3) is 0 Å². The minimum absolute atomic E-state index is 0.0258. The number of imidazole rings is 1. The lowest BCUT2D eigenvalue weighted by Gasteiger charge is -2.07. The SMILES string of the molecule is Cc1cccc2[nH]c(CNc3ccc4ncccc4c3[N+](=O)[O-])nc12. The molecule has 25 heavy (non-hydrogen) atoms. The molecule has 7 nitrogen and oxygen atoms in total. The van der Waals surface area contributed by atoms with E-state index in [1.165, 1.54) is 0 Å². The van der Waals surface area contributed by atoms with E-state index in [-0.39, 0.29) is 10.6 Å². The van der Waals surface area contributed by atoms with Crippen molar-refractivity contribution in [2.24, 2.45) is 0 Å². The summed E-state index contributed by atoms with van der Waals surface area (Å²) in [4.78, 5) is 23.1. The Morgan fingerprint density at radius 2 is 2.08 bits per heavy atom. The first-order valence-corrected chi connectivity index (χ1v) is 7.83. The number of pyridine rings is 1. The number of aromatic nitrogens is 3. The number of nitrogens with one attached hydrogen (secondary N) is 2. The third kappa shape index (κ3) is 2.65. The lowest BCUT2D eigenvalue weighted by Crippen LogP contribution is -2.04. The Kier molecular flexibility index (Phi) is 3.53. The smallest absolute Gasteiger partial charge is 0.301 e. The Balaban J connectivity index is 1.69. The highest BCUT2D eigenvalue weighted by atomic mass is 16.6. The number of fused-ring (bicyclic) bond motifs is 2. The topological polar surface area (TPSA) is 96.7 Å². The molecule has 0 fully saturated rings. The van der Waals surface area contributed by atoms with Crippen molar-refractivity contribution >= 4 is 33.3 Å². The quantitative estimate of drug-likeness (QED) is 0.435. The molecule has 4 rings (SSSR count). The number of H-pyrrole nitrogens is 1. The number of hydrogen-bond acceptors (Lipinski definition) is 5. The Bertz CT molecular complexity index is 1100. The number of hydrogen-bond donors (Lipinski definition) is 2. The van der Waals surface area contributed by atoms with Crippen molar-refractivity contribution < 1.29 is 4.92 Å². The molecule has 0 radical (unpaired) electrons. The van der Waals surface area contributed by atoms with Crippen LogP contribution in [0.5, 0.6) is 0 Å². The number of aryl methyl sites for hydroxylation is 1. The Labute approximate surface area is 142 Å². The van der Waals surface area contributed by atoms with Gasteiger partial charge in [-0.05, 0) is 42.8 Å². The van der Waals surface area contributed by atoms with Crippen LogP contribution in [0.15, 0.2) is 48.7 Å². The summed E-state index contributed by atoms with van der Waals surface area (Å²) >= 11 is 0. The van der Waals surface area contributed by atoms with Crippen molar-refractivity contribution in [1.29, 1.82) is 0 Å². The van der Waals surface area contributed by atoms with Crippen LogP contribution in [0.3, 0.4) is 0 Å². The maximum atomic E-state index is 11.5. The molecular weight excluding hydrogens is 318 g/mol. The van der Waals surface area contributed by atoms with Crippen molar-refractivity contribution in [3.63, 3.8) is 0 Å². The minimum Gasteiger partial charge on any atom is -0.372 e. The van der Waals surface area contributed by atoms with Crippen LogP contribution in [0.2, 0.25) is 0 Å². The fourth-order valence-electron chi connectivity index (χ4n) is 2.97. The summed E-state index contributed by atoms with van der Waals surface area (Å²) in [6.07, 6.45) is 1.62. The fourth-order valence-corrected chi connectivity index (χ4v) is 2.97. The lowest BCUT2D eigenvalue weighted by atomic mass is 10.1. The average Bonchev–Trinajstić information content (AvgIpc) is 3.03. The molecule has 0 aliphatic carbocycles. The second-order valence-electron chi connectivity index (χ2n) is 5.80. The molecule has 0 amide bonds. The number of nitrogens with zero attached hydrogens (tertiary/aromatic N) is 3. The highest BCUT2D eigenvalue weighted by molar-refractivity contribution is 5.94. The summed E-state index contributed by atoms with van der Waals surface area (Å²) in [5, 5.41) is 15.2. The molecule has 7 heteroatoms. The van der Waals surface area contributed by atoms with Crippen LogP contribution in [0, 0.1) is 17.0 Å².